The van der Waals surface area contributed by atoms with Gasteiger partial charge in [0.15, 0.2) is 0 Å². The van der Waals surface area contributed by atoms with E-state index >= 15 is 0 Å². The van der Waals surface area contributed by atoms with Crippen molar-refractivity contribution in [3.8, 4) is 0 Å². The maximum atomic E-state index is 13.2. The highest BCUT2D eigenvalue weighted by Crippen LogP contribution is 2.06. The van der Waals surface area contributed by atoms with E-state index in [1.807, 2.05) is 0 Å². The number of hydrogen-bond acceptors (Lipinski definition) is 13. The van der Waals surface area contributed by atoms with Gasteiger partial charge in [0.05, 0.1) is 59.0 Å². The third-order valence-electron chi connectivity index (χ3n) is 8.45. The van der Waals surface area contributed by atoms with Crippen LogP contribution in [0.4, 0.5) is 0 Å². The smallest absolute Gasteiger partial charge is 0.323 e. The van der Waals surface area contributed by atoms with Crippen molar-refractivity contribution in [3.63, 3.8) is 0 Å². The van der Waals surface area contributed by atoms with Gasteiger partial charge in [0.25, 0.3) is 0 Å². The van der Waals surface area contributed by atoms with Gasteiger partial charge in [-0.2, -0.15) is 0 Å². The first-order chi connectivity index (χ1) is 25.4. The molecule has 0 aromatic carbocycles. The molecule has 0 rings (SSSR count). The molecule has 0 saturated heterocycles. The number of nitrogens with zero attached hydrogens (tertiary/aromatic N) is 9. The van der Waals surface area contributed by atoms with Crippen molar-refractivity contribution < 1.29 is 63.3 Å². The molecule has 4 N–H and O–H groups in total. The van der Waals surface area contributed by atoms with Gasteiger partial charge in [0, 0.05) is 63.4 Å². The van der Waals surface area contributed by atoms with E-state index in [4.69, 9.17) is 5.11 Å². The Hall–Kier alpha value is -5.42. The van der Waals surface area contributed by atoms with E-state index in [1.54, 1.807) is 7.05 Å². The first kappa shape index (κ1) is 49.6. The van der Waals surface area contributed by atoms with E-state index in [1.165, 1.54) is 68.3 Å². The topological polar surface area (TPSA) is 273 Å². The van der Waals surface area contributed by atoms with Gasteiger partial charge in [-0.05, 0) is 7.05 Å². The number of likely N-dealkylation sites (N-methyl/N-ethyl adjacent to an activating group) is 10. The number of aliphatic hydroxyl groups excluding tert-OH is 2. The number of aliphatic carboxylic acids is 1. The van der Waals surface area contributed by atoms with E-state index in [0.717, 1.165) is 39.2 Å². The Morgan fingerprint density at radius 2 is 0.673 bits per heavy atom. The average Bonchev–Trinajstić information content (AvgIpc) is 3.10. The Morgan fingerprint density at radius 3 is 0.945 bits per heavy atom. The molecule has 312 valence electrons. The molecule has 0 aromatic rings. The zero-order chi connectivity index (χ0) is 42.9. The predicted octanol–water partition coefficient (Wildman–Crippen LogP) is -6.86. The second-order valence-electron chi connectivity index (χ2n) is 13.0. The second kappa shape index (κ2) is 23.4. The lowest BCUT2D eigenvalue weighted by atomic mass is 10.2. The maximum absolute atomic E-state index is 13.2. The third-order valence-corrected chi connectivity index (χ3v) is 8.45. The lowest BCUT2D eigenvalue weighted by Gasteiger charge is -2.32. The van der Waals surface area contributed by atoms with Crippen LogP contribution in [0.25, 0.3) is 0 Å². The summed E-state index contributed by atoms with van der Waals surface area (Å²) >= 11 is 0. The number of carbonyl (C=O) groups is 10. The standard InChI is InChI=1S/C32H56N10O13/c1-33-11-23(45)34(2)12-24(46)36(4)16-28(50)41(9)21(19-43)31(54)39(7)14-26(48)35(3)13-25(47)37(5)17-29(51)42(10)22(20-44)32(55)40(8)15-27(49)38(6)18-30(52)53/h21-22,33,43-44H,11-20H2,1-10H3,(H,52,53). The van der Waals surface area contributed by atoms with Gasteiger partial charge in [0.2, 0.25) is 53.2 Å². The van der Waals surface area contributed by atoms with E-state index in [0.29, 0.717) is 0 Å². The number of carboxylic acid groups (broad SMARTS) is 1. The van der Waals surface area contributed by atoms with Gasteiger partial charge >= 0.3 is 5.97 Å². The molecule has 0 radical (unpaired) electrons. The maximum Gasteiger partial charge on any atom is 0.323 e. The van der Waals surface area contributed by atoms with Crippen LogP contribution >= 0.6 is 0 Å². The normalized spacial score (nSPS) is 11.6. The van der Waals surface area contributed by atoms with Crippen molar-refractivity contribution in [3.05, 3.63) is 0 Å². The van der Waals surface area contributed by atoms with Crippen LogP contribution in [0, 0.1) is 0 Å². The molecule has 0 saturated carbocycles. The summed E-state index contributed by atoms with van der Waals surface area (Å²) in [5.74, 6) is -7.42. The monoisotopic (exact) mass is 788 g/mol. The van der Waals surface area contributed by atoms with E-state index in [-0.39, 0.29) is 19.0 Å². The number of nitrogens with one attached hydrogen (secondary N) is 1. The summed E-state index contributed by atoms with van der Waals surface area (Å²) in [6, 6.07) is -2.87. The number of aliphatic hydroxyl groups is 2. The quantitative estimate of drug-likeness (QED) is 0.0795. The molecule has 0 aliphatic rings. The minimum Gasteiger partial charge on any atom is -0.480 e. The largest absolute Gasteiger partial charge is 0.480 e. The first-order valence-electron chi connectivity index (χ1n) is 16.7. The minimum atomic E-state index is -1.44. The number of carbonyl (C=O) groups excluding carboxylic acids is 9. The fraction of sp³-hybridized carbons (Fsp3) is 0.688. The van der Waals surface area contributed by atoms with E-state index in [2.05, 4.69) is 5.32 Å². The summed E-state index contributed by atoms with van der Waals surface area (Å²) in [6.45, 7) is -5.23. The van der Waals surface area contributed by atoms with E-state index in [9.17, 15) is 58.2 Å². The van der Waals surface area contributed by atoms with Gasteiger partial charge in [-0.25, -0.2) is 0 Å². The minimum absolute atomic E-state index is 0.00963. The van der Waals surface area contributed by atoms with Crippen LogP contribution in [0.2, 0.25) is 0 Å². The molecule has 0 spiro atoms. The van der Waals surface area contributed by atoms with E-state index < -0.39 is 118 Å². The molecule has 9 amide bonds. The van der Waals surface area contributed by atoms with Crippen LogP contribution in [0.1, 0.15) is 0 Å². The summed E-state index contributed by atoms with van der Waals surface area (Å²) in [4.78, 5) is 134. The van der Waals surface area contributed by atoms with Crippen molar-refractivity contribution in [2.75, 3.05) is 136 Å². The number of carboxylic acids is 1. The van der Waals surface area contributed by atoms with Crippen LogP contribution in [0.5, 0.6) is 0 Å². The van der Waals surface area contributed by atoms with Crippen molar-refractivity contribution in [2.24, 2.45) is 0 Å². The van der Waals surface area contributed by atoms with Gasteiger partial charge in [-0.1, -0.05) is 0 Å². The Bertz CT molecular complexity index is 1430. The summed E-state index contributed by atoms with van der Waals surface area (Å²) in [6.07, 6.45) is 0. The van der Waals surface area contributed by atoms with Crippen molar-refractivity contribution in [1.29, 1.82) is 0 Å². The Morgan fingerprint density at radius 1 is 0.418 bits per heavy atom. The van der Waals surface area contributed by atoms with Crippen LogP contribution in [0.15, 0.2) is 0 Å². The lowest BCUT2D eigenvalue weighted by Crippen LogP contribution is -2.55. The van der Waals surface area contributed by atoms with Crippen LogP contribution in [-0.4, -0.2) is 267 Å². The fourth-order valence-electron chi connectivity index (χ4n) is 4.60. The van der Waals surface area contributed by atoms with Crippen molar-refractivity contribution >= 4 is 59.1 Å². The molecule has 2 unspecified atom stereocenters. The van der Waals surface area contributed by atoms with Crippen LogP contribution < -0.4 is 5.32 Å². The average molecular weight is 789 g/mol. The van der Waals surface area contributed by atoms with Gasteiger partial charge < -0.3 is 64.7 Å². The van der Waals surface area contributed by atoms with Crippen LogP contribution in [-0.2, 0) is 47.9 Å². The number of rotatable bonds is 22. The molecule has 0 aliphatic heterocycles. The third kappa shape index (κ3) is 15.8. The molecular weight excluding hydrogens is 732 g/mol. The lowest BCUT2D eigenvalue weighted by molar-refractivity contribution is -0.151. The molecule has 0 heterocycles. The van der Waals surface area contributed by atoms with Crippen molar-refractivity contribution in [1.82, 2.24) is 49.4 Å². The molecule has 55 heavy (non-hydrogen) atoms. The molecule has 23 nitrogen and oxygen atoms in total. The number of hydrogen-bond donors (Lipinski definition) is 4. The first-order valence-corrected chi connectivity index (χ1v) is 16.7. The molecule has 0 aromatic heterocycles. The Kier molecular flexibility index (Phi) is 21.1. The predicted molar refractivity (Wildman–Crippen MR) is 192 cm³/mol. The van der Waals surface area contributed by atoms with Gasteiger partial charge in [-0.3, -0.25) is 47.9 Å². The highest BCUT2D eigenvalue weighted by atomic mass is 16.4. The summed E-state index contributed by atoms with van der Waals surface area (Å²) in [5, 5.41) is 31.3. The number of amides is 9. The zero-order valence-electron chi connectivity index (χ0n) is 33.2. The highest BCUT2D eigenvalue weighted by molar-refractivity contribution is 5.95. The molecule has 0 fully saturated rings. The van der Waals surface area contributed by atoms with Gasteiger partial charge in [-0.15, -0.1) is 0 Å². The SMILES string of the molecule is CNCC(=O)N(C)CC(=O)N(C)CC(=O)N(C)C(CO)C(=O)N(C)CC(=O)N(C)CC(=O)N(C)CC(=O)N(C)C(CO)C(=O)N(C)CC(=O)N(C)CC(=O)O. The highest BCUT2D eigenvalue weighted by Gasteiger charge is 2.33. The van der Waals surface area contributed by atoms with Crippen LogP contribution in [0.3, 0.4) is 0 Å². The summed E-state index contributed by atoms with van der Waals surface area (Å²) in [7, 11) is 13.0. The molecular formula is C32H56N10O13. The Labute approximate surface area is 319 Å². The summed E-state index contributed by atoms with van der Waals surface area (Å²) in [5.41, 5.74) is 0. The zero-order valence-corrected chi connectivity index (χ0v) is 33.2. The molecule has 0 aliphatic carbocycles. The molecule has 2 atom stereocenters. The fourth-order valence-corrected chi connectivity index (χ4v) is 4.60. The van der Waals surface area contributed by atoms with Crippen molar-refractivity contribution in [2.45, 2.75) is 12.1 Å². The van der Waals surface area contributed by atoms with Gasteiger partial charge in [0.1, 0.15) is 18.6 Å². The Balaban J connectivity index is 5.26. The summed E-state index contributed by atoms with van der Waals surface area (Å²) < 4.78 is 0. The second-order valence-corrected chi connectivity index (χ2v) is 13.0. The molecule has 0 bridgehead atoms. The molecule has 23 heteroatoms.